The summed E-state index contributed by atoms with van der Waals surface area (Å²) >= 11 is 0. The third kappa shape index (κ3) is 4.61. The van der Waals surface area contributed by atoms with E-state index in [-0.39, 0.29) is 5.58 Å². The minimum absolute atomic E-state index is 0.271. The lowest BCUT2D eigenvalue weighted by Crippen LogP contribution is -2.42. The first kappa shape index (κ1) is 23.3. The SMILES string of the molecule is CN(C)c1ccc2cc(C(=O)NS(=O)(=O)c3ccccc3OC(F)(F)C(F)(F)F)oc2c1. The number of hydrogen-bond donors (Lipinski definition) is 1. The molecule has 3 rings (SSSR count). The van der Waals surface area contributed by atoms with Crippen molar-refractivity contribution in [2.24, 2.45) is 0 Å². The Kier molecular flexibility index (Phi) is 5.80. The third-order valence-corrected chi connectivity index (χ3v) is 5.55. The van der Waals surface area contributed by atoms with E-state index in [9.17, 15) is 35.2 Å². The molecular weight excluding hydrogens is 463 g/mol. The molecule has 0 spiro atoms. The number of fused-ring (bicyclic) bond motifs is 1. The van der Waals surface area contributed by atoms with Gasteiger partial charge in [0.05, 0.1) is 0 Å². The number of halogens is 5. The van der Waals surface area contributed by atoms with Gasteiger partial charge in [0.1, 0.15) is 16.2 Å². The number of nitrogens with zero attached hydrogens (tertiary/aromatic N) is 1. The Bertz CT molecular complexity index is 1270. The molecule has 1 aromatic heterocycles. The molecule has 1 heterocycles. The number of carbonyl (C=O) groups excluding carboxylic acids is 1. The first-order chi connectivity index (χ1) is 14.7. The highest BCUT2D eigenvalue weighted by Gasteiger charge is 2.61. The van der Waals surface area contributed by atoms with Gasteiger partial charge < -0.3 is 14.1 Å². The lowest BCUT2D eigenvalue weighted by molar-refractivity contribution is -0.361. The number of sulfonamides is 1. The fourth-order valence-corrected chi connectivity index (χ4v) is 3.68. The van der Waals surface area contributed by atoms with Crippen LogP contribution in [-0.4, -0.2) is 40.7 Å². The second kappa shape index (κ2) is 7.97. The Morgan fingerprint density at radius 3 is 2.31 bits per heavy atom. The fraction of sp³-hybridized carbons (Fsp3) is 0.211. The van der Waals surface area contributed by atoms with E-state index < -0.39 is 44.6 Å². The average Bonchev–Trinajstić information content (AvgIpc) is 3.10. The van der Waals surface area contributed by atoms with Crippen molar-refractivity contribution >= 4 is 32.6 Å². The molecule has 7 nitrogen and oxygen atoms in total. The Labute approximate surface area is 178 Å². The van der Waals surface area contributed by atoms with Crippen LogP contribution in [0, 0.1) is 0 Å². The maximum atomic E-state index is 13.3. The largest absolute Gasteiger partial charge is 0.499 e. The van der Waals surface area contributed by atoms with Crippen molar-refractivity contribution in [1.82, 2.24) is 4.72 Å². The van der Waals surface area contributed by atoms with Crippen LogP contribution in [0.5, 0.6) is 5.75 Å². The van der Waals surface area contributed by atoms with Crippen LogP contribution in [0.15, 0.2) is 57.8 Å². The summed E-state index contributed by atoms with van der Waals surface area (Å²) in [7, 11) is -1.37. The topological polar surface area (TPSA) is 88.9 Å². The van der Waals surface area contributed by atoms with Crippen LogP contribution >= 0.6 is 0 Å². The normalized spacial score (nSPS) is 12.6. The molecule has 0 bridgehead atoms. The van der Waals surface area contributed by atoms with Gasteiger partial charge in [0.25, 0.3) is 10.0 Å². The van der Waals surface area contributed by atoms with Crippen LogP contribution in [0.1, 0.15) is 10.6 Å². The van der Waals surface area contributed by atoms with Crippen molar-refractivity contribution in [1.29, 1.82) is 0 Å². The van der Waals surface area contributed by atoms with Gasteiger partial charge in [-0.1, -0.05) is 12.1 Å². The summed E-state index contributed by atoms with van der Waals surface area (Å²) in [4.78, 5) is 13.1. The highest BCUT2D eigenvalue weighted by molar-refractivity contribution is 7.90. The van der Waals surface area contributed by atoms with Crippen molar-refractivity contribution in [2.75, 3.05) is 19.0 Å². The maximum absolute atomic E-state index is 13.3. The van der Waals surface area contributed by atoms with Gasteiger partial charge in [0.2, 0.25) is 0 Å². The van der Waals surface area contributed by atoms with Crippen molar-refractivity contribution in [2.45, 2.75) is 17.2 Å². The molecular formula is C19H15F5N2O5S. The Balaban J connectivity index is 1.90. The second-order valence-electron chi connectivity index (χ2n) is 6.73. The number of alkyl halides is 5. The summed E-state index contributed by atoms with van der Waals surface area (Å²) in [5, 5.41) is 0.478. The molecule has 0 aliphatic carbocycles. The van der Waals surface area contributed by atoms with Gasteiger partial charge in [-0.2, -0.15) is 22.0 Å². The summed E-state index contributed by atoms with van der Waals surface area (Å²) in [6.45, 7) is 0. The number of nitrogens with one attached hydrogen (secondary N) is 1. The zero-order chi connectivity index (χ0) is 23.9. The summed E-state index contributed by atoms with van der Waals surface area (Å²) in [6.07, 6.45) is -11.8. The standard InChI is InChI=1S/C19H15F5N2O5S/c1-26(2)12-8-7-11-9-15(30-14(11)10-12)17(27)25-32(28,29)16-6-4-3-5-13(16)31-19(23,24)18(20,21)22/h3-10H,1-2H3,(H,25,27). The zero-order valence-electron chi connectivity index (χ0n) is 16.4. The van der Waals surface area contributed by atoms with E-state index in [2.05, 4.69) is 4.74 Å². The van der Waals surface area contributed by atoms with Crippen LogP contribution in [0.2, 0.25) is 0 Å². The van der Waals surface area contributed by atoms with Crippen LogP contribution in [0.25, 0.3) is 11.0 Å². The van der Waals surface area contributed by atoms with Gasteiger partial charge in [-0.3, -0.25) is 4.79 Å². The number of hydrogen-bond acceptors (Lipinski definition) is 6. The molecule has 3 aromatic rings. The predicted octanol–water partition coefficient (Wildman–Crippen LogP) is 4.15. The predicted molar refractivity (Wildman–Crippen MR) is 103 cm³/mol. The van der Waals surface area contributed by atoms with Gasteiger partial charge in [0.15, 0.2) is 5.76 Å². The van der Waals surface area contributed by atoms with E-state index in [1.165, 1.54) is 6.07 Å². The molecule has 0 aliphatic rings. The monoisotopic (exact) mass is 478 g/mol. The Morgan fingerprint density at radius 2 is 1.69 bits per heavy atom. The smallest absolute Gasteiger partial charge is 0.451 e. The maximum Gasteiger partial charge on any atom is 0.499 e. The molecule has 1 amide bonds. The first-order valence-corrected chi connectivity index (χ1v) is 10.2. The number of ether oxygens (including phenoxy) is 1. The highest BCUT2D eigenvalue weighted by Crippen LogP contribution is 2.39. The lowest BCUT2D eigenvalue weighted by atomic mass is 10.2. The molecule has 1 N–H and O–H groups in total. The van der Waals surface area contributed by atoms with Gasteiger partial charge >= 0.3 is 18.2 Å². The first-order valence-electron chi connectivity index (χ1n) is 8.72. The molecule has 0 saturated heterocycles. The number of para-hydroxylation sites is 1. The van der Waals surface area contributed by atoms with Crippen molar-refractivity contribution in [3.8, 4) is 5.75 Å². The van der Waals surface area contributed by atoms with Crippen LogP contribution < -0.4 is 14.4 Å². The number of carbonyl (C=O) groups is 1. The van der Waals surface area contributed by atoms with Crippen LogP contribution in [0.3, 0.4) is 0 Å². The number of amides is 1. The molecule has 2 aromatic carbocycles. The van der Waals surface area contributed by atoms with E-state index in [0.717, 1.165) is 17.8 Å². The molecule has 0 aliphatic heterocycles. The molecule has 0 fully saturated rings. The highest BCUT2D eigenvalue weighted by atomic mass is 32.2. The quantitative estimate of drug-likeness (QED) is 0.536. The summed E-state index contributed by atoms with van der Waals surface area (Å²) < 4.78 is 99.5. The minimum atomic E-state index is -6.09. The molecule has 13 heteroatoms. The van der Waals surface area contributed by atoms with E-state index >= 15 is 0 Å². The molecule has 172 valence electrons. The Morgan fingerprint density at radius 1 is 1.03 bits per heavy atom. The second-order valence-corrected chi connectivity index (χ2v) is 8.38. The van der Waals surface area contributed by atoms with Crippen molar-refractivity contribution in [3.63, 3.8) is 0 Å². The van der Waals surface area contributed by atoms with E-state index in [1.54, 1.807) is 41.9 Å². The molecule has 0 saturated carbocycles. The van der Waals surface area contributed by atoms with E-state index in [1.807, 2.05) is 0 Å². The van der Waals surface area contributed by atoms with E-state index in [4.69, 9.17) is 4.42 Å². The molecule has 32 heavy (non-hydrogen) atoms. The van der Waals surface area contributed by atoms with Crippen molar-refractivity contribution in [3.05, 3.63) is 54.3 Å². The minimum Gasteiger partial charge on any atom is -0.451 e. The van der Waals surface area contributed by atoms with Gasteiger partial charge in [0, 0.05) is 31.2 Å². The fourth-order valence-electron chi connectivity index (χ4n) is 2.59. The van der Waals surface area contributed by atoms with Gasteiger partial charge in [-0.15, -0.1) is 0 Å². The lowest BCUT2D eigenvalue weighted by Gasteiger charge is -2.21. The van der Waals surface area contributed by atoms with Crippen LogP contribution in [0.4, 0.5) is 27.6 Å². The van der Waals surface area contributed by atoms with Crippen LogP contribution in [-0.2, 0) is 10.0 Å². The number of anilines is 1. The van der Waals surface area contributed by atoms with Gasteiger partial charge in [-0.25, -0.2) is 13.1 Å². The zero-order valence-corrected chi connectivity index (χ0v) is 17.2. The van der Waals surface area contributed by atoms with Gasteiger partial charge in [-0.05, 0) is 30.3 Å². The molecule has 0 radical (unpaired) electrons. The Hall–Kier alpha value is -3.35. The summed E-state index contributed by atoms with van der Waals surface area (Å²) in [6, 6.07) is 9.56. The number of benzene rings is 2. The average molecular weight is 478 g/mol. The third-order valence-electron chi connectivity index (χ3n) is 4.18. The number of furan rings is 1. The van der Waals surface area contributed by atoms with E-state index in [0.29, 0.717) is 17.5 Å². The summed E-state index contributed by atoms with van der Waals surface area (Å²) in [5.41, 5.74) is 1.01. The summed E-state index contributed by atoms with van der Waals surface area (Å²) in [5.74, 6) is -2.97. The number of rotatable bonds is 6. The molecule has 0 unspecified atom stereocenters. The molecule has 0 atom stereocenters. The van der Waals surface area contributed by atoms with Crippen molar-refractivity contribution < 1.29 is 44.3 Å².